The highest BCUT2D eigenvalue weighted by Crippen LogP contribution is 2.37. The Kier molecular flexibility index (Phi) is 6.39. The number of allylic oxidation sites excluding steroid dienone is 3. The van der Waals surface area contributed by atoms with Crippen LogP contribution in [-0.4, -0.2) is 16.0 Å². The first-order valence-corrected chi connectivity index (χ1v) is 9.15. The average Bonchev–Trinajstić information content (AvgIpc) is 3.48. The van der Waals surface area contributed by atoms with Crippen molar-refractivity contribution in [2.75, 3.05) is 5.73 Å². The minimum Gasteiger partial charge on any atom is -0.489 e. The molecule has 2 aromatic rings. The van der Waals surface area contributed by atoms with E-state index in [1.807, 2.05) is 37.3 Å². The number of nitrogens with zero attached hydrogens (tertiary/aromatic N) is 2. The summed E-state index contributed by atoms with van der Waals surface area (Å²) in [6, 6.07) is 10.6. The highest BCUT2D eigenvalue weighted by Gasteiger charge is 2.37. The summed E-state index contributed by atoms with van der Waals surface area (Å²) in [5.41, 5.74) is 8.80. The SMILES string of the molecule is C=C(/C=C\C(=C/C)OCc1ccccc1)[C@H]1C[C@@H]1NCc1cnc(N)nc1. The Bertz CT molecular complexity index is 812. The molecule has 0 saturated heterocycles. The normalized spacial score (nSPS) is 19.2. The number of nitrogens with one attached hydrogen (secondary N) is 1. The average molecular weight is 362 g/mol. The van der Waals surface area contributed by atoms with Crippen molar-refractivity contribution in [3.05, 3.63) is 90.0 Å². The van der Waals surface area contributed by atoms with Gasteiger partial charge in [-0.3, -0.25) is 0 Å². The Morgan fingerprint density at radius 1 is 1.22 bits per heavy atom. The maximum atomic E-state index is 5.86. The first-order valence-electron chi connectivity index (χ1n) is 9.15. The van der Waals surface area contributed by atoms with E-state index in [9.17, 15) is 0 Å². The van der Waals surface area contributed by atoms with Gasteiger partial charge in [-0.15, -0.1) is 0 Å². The van der Waals surface area contributed by atoms with Crippen molar-refractivity contribution in [3.8, 4) is 0 Å². The van der Waals surface area contributed by atoms with E-state index < -0.39 is 0 Å². The van der Waals surface area contributed by atoms with Crippen LogP contribution in [0.15, 0.2) is 78.9 Å². The largest absolute Gasteiger partial charge is 0.489 e. The van der Waals surface area contributed by atoms with Crippen molar-refractivity contribution in [2.45, 2.75) is 32.5 Å². The monoisotopic (exact) mass is 362 g/mol. The molecule has 0 radical (unpaired) electrons. The van der Waals surface area contributed by atoms with E-state index in [0.29, 0.717) is 24.5 Å². The fraction of sp³-hybridized carbons (Fsp3) is 0.273. The highest BCUT2D eigenvalue weighted by molar-refractivity contribution is 5.30. The van der Waals surface area contributed by atoms with Gasteiger partial charge in [0.2, 0.25) is 5.95 Å². The van der Waals surface area contributed by atoms with Crippen molar-refractivity contribution >= 4 is 5.95 Å². The van der Waals surface area contributed by atoms with Crippen molar-refractivity contribution < 1.29 is 4.74 Å². The predicted molar refractivity (Wildman–Crippen MR) is 108 cm³/mol. The molecule has 1 aliphatic rings. The molecule has 0 amide bonds. The van der Waals surface area contributed by atoms with Crippen LogP contribution in [0, 0.1) is 5.92 Å². The molecule has 2 atom stereocenters. The second-order valence-electron chi connectivity index (χ2n) is 6.65. The van der Waals surface area contributed by atoms with E-state index in [4.69, 9.17) is 10.5 Å². The van der Waals surface area contributed by atoms with Crippen LogP contribution >= 0.6 is 0 Å². The Balaban J connectivity index is 1.42. The zero-order valence-electron chi connectivity index (χ0n) is 15.6. The fourth-order valence-corrected chi connectivity index (χ4v) is 2.82. The Hall–Kier alpha value is -2.92. The minimum absolute atomic E-state index is 0.302. The molecule has 1 fully saturated rings. The molecule has 140 valence electrons. The summed E-state index contributed by atoms with van der Waals surface area (Å²) in [4.78, 5) is 8.01. The van der Waals surface area contributed by atoms with Gasteiger partial charge in [-0.05, 0) is 31.1 Å². The van der Waals surface area contributed by atoms with Gasteiger partial charge in [0.15, 0.2) is 0 Å². The van der Waals surface area contributed by atoms with Crippen LogP contribution in [0.25, 0.3) is 0 Å². The lowest BCUT2D eigenvalue weighted by Crippen LogP contribution is -2.18. The first kappa shape index (κ1) is 18.9. The maximum absolute atomic E-state index is 5.86. The van der Waals surface area contributed by atoms with E-state index >= 15 is 0 Å². The van der Waals surface area contributed by atoms with Crippen LogP contribution in [0.2, 0.25) is 0 Å². The van der Waals surface area contributed by atoms with Crippen molar-refractivity contribution in [1.29, 1.82) is 0 Å². The lowest BCUT2D eigenvalue weighted by Gasteiger charge is -2.07. The lowest BCUT2D eigenvalue weighted by atomic mass is 10.1. The topological polar surface area (TPSA) is 73.1 Å². The van der Waals surface area contributed by atoms with Crippen molar-refractivity contribution in [2.24, 2.45) is 5.92 Å². The molecule has 27 heavy (non-hydrogen) atoms. The number of aromatic nitrogens is 2. The summed E-state index contributed by atoms with van der Waals surface area (Å²) < 4.78 is 5.86. The smallest absolute Gasteiger partial charge is 0.219 e. The third-order valence-corrected chi connectivity index (χ3v) is 4.55. The van der Waals surface area contributed by atoms with E-state index in [-0.39, 0.29) is 0 Å². The number of hydrogen-bond acceptors (Lipinski definition) is 5. The number of benzene rings is 1. The molecule has 0 unspecified atom stereocenters. The van der Waals surface area contributed by atoms with Gasteiger partial charge in [0.1, 0.15) is 12.4 Å². The summed E-state index contributed by atoms with van der Waals surface area (Å²) in [5.74, 6) is 1.61. The fourth-order valence-electron chi connectivity index (χ4n) is 2.82. The van der Waals surface area contributed by atoms with Crippen LogP contribution in [0.5, 0.6) is 0 Å². The summed E-state index contributed by atoms with van der Waals surface area (Å²) in [6.45, 7) is 7.48. The van der Waals surface area contributed by atoms with Gasteiger partial charge in [-0.2, -0.15) is 0 Å². The van der Waals surface area contributed by atoms with Crippen molar-refractivity contribution in [3.63, 3.8) is 0 Å². The van der Waals surface area contributed by atoms with Gasteiger partial charge in [0, 0.05) is 36.5 Å². The molecule has 0 aliphatic heterocycles. The summed E-state index contributed by atoms with van der Waals surface area (Å²) >= 11 is 0. The van der Waals surface area contributed by atoms with Crippen LogP contribution in [0.1, 0.15) is 24.5 Å². The third-order valence-electron chi connectivity index (χ3n) is 4.55. The number of ether oxygens (including phenoxy) is 1. The molecule has 1 saturated carbocycles. The molecule has 3 N–H and O–H groups in total. The first-order chi connectivity index (χ1) is 13.2. The molecule has 1 aromatic heterocycles. The van der Waals surface area contributed by atoms with E-state index in [2.05, 4.69) is 40.1 Å². The van der Waals surface area contributed by atoms with Gasteiger partial charge < -0.3 is 15.8 Å². The van der Waals surface area contributed by atoms with Crippen LogP contribution in [0.3, 0.4) is 0 Å². The van der Waals surface area contributed by atoms with E-state index in [1.165, 1.54) is 0 Å². The maximum Gasteiger partial charge on any atom is 0.219 e. The standard InChI is InChI=1S/C22H26N4O/c1-3-19(27-15-17-7-5-4-6-8-17)10-9-16(2)20-11-21(20)24-12-18-13-25-22(23)26-14-18/h3-10,13-14,20-21,24H,2,11-12,15H2,1H3,(H2,23,25,26)/b10-9-,19-3+/t20-,21+/m1/s1. The number of rotatable bonds is 9. The van der Waals surface area contributed by atoms with Crippen molar-refractivity contribution in [1.82, 2.24) is 15.3 Å². The van der Waals surface area contributed by atoms with Gasteiger partial charge >= 0.3 is 0 Å². The molecule has 5 heteroatoms. The highest BCUT2D eigenvalue weighted by atomic mass is 16.5. The minimum atomic E-state index is 0.302. The van der Waals surface area contributed by atoms with E-state index in [1.54, 1.807) is 12.4 Å². The number of nitrogens with two attached hydrogens (primary N) is 1. The van der Waals surface area contributed by atoms with Crippen LogP contribution < -0.4 is 11.1 Å². The molecule has 0 spiro atoms. The lowest BCUT2D eigenvalue weighted by molar-refractivity contribution is 0.210. The third kappa shape index (κ3) is 5.79. The number of nitrogen functional groups attached to an aromatic ring is 1. The van der Waals surface area contributed by atoms with Gasteiger partial charge in [-0.1, -0.05) is 48.6 Å². The second kappa shape index (κ2) is 9.14. The second-order valence-corrected chi connectivity index (χ2v) is 6.65. The molecule has 1 aromatic carbocycles. The summed E-state index contributed by atoms with van der Waals surface area (Å²) in [5, 5.41) is 3.51. The van der Waals surface area contributed by atoms with Gasteiger partial charge in [-0.25, -0.2) is 9.97 Å². The predicted octanol–water partition coefficient (Wildman–Crippen LogP) is 3.77. The summed E-state index contributed by atoms with van der Waals surface area (Å²) in [7, 11) is 0. The zero-order valence-corrected chi connectivity index (χ0v) is 15.6. The molecular weight excluding hydrogens is 336 g/mol. The molecule has 1 aliphatic carbocycles. The molecular formula is C22H26N4O. The molecule has 0 bridgehead atoms. The quantitative estimate of drug-likeness (QED) is 0.525. The van der Waals surface area contributed by atoms with Crippen LogP contribution in [0.4, 0.5) is 5.95 Å². The number of anilines is 1. The summed E-state index contributed by atoms with van der Waals surface area (Å²) in [6.07, 6.45) is 10.6. The molecule has 1 heterocycles. The number of hydrogen-bond donors (Lipinski definition) is 2. The molecule has 3 rings (SSSR count). The van der Waals surface area contributed by atoms with Crippen LogP contribution in [-0.2, 0) is 17.9 Å². The van der Waals surface area contributed by atoms with E-state index in [0.717, 1.165) is 35.4 Å². The Labute approximate surface area is 160 Å². The van der Waals surface area contributed by atoms with Gasteiger partial charge in [0.05, 0.1) is 0 Å². The van der Waals surface area contributed by atoms with Gasteiger partial charge in [0.25, 0.3) is 0 Å². The Morgan fingerprint density at radius 3 is 2.67 bits per heavy atom. The zero-order chi connectivity index (χ0) is 19.1. The Morgan fingerprint density at radius 2 is 1.96 bits per heavy atom. The molecule has 5 nitrogen and oxygen atoms in total.